The summed E-state index contributed by atoms with van der Waals surface area (Å²) in [7, 11) is 0. The average molecular weight is 253 g/mol. The van der Waals surface area contributed by atoms with E-state index in [1.165, 1.54) is 0 Å². The molecule has 1 atom stereocenters. The fraction of sp³-hybridized carbons (Fsp3) is 0.200. The molecular weight excluding hydrogens is 244 g/mol. The molecule has 1 amide bonds. The summed E-state index contributed by atoms with van der Waals surface area (Å²) in [5.74, 6) is -0.396. The number of nitrogens with two attached hydrogens (primary N) is 1. The number of hydrogen-bond acceptors (Lipinski definition) is 2. The summed E-state index contributed by atoms with van der Waals surface area (Å²) in [5, 5.41) is 8.65. The van der Waals surface area contributed by atoms with Crippen molar-refractivity contribution in [3.05, 3.63) is 35.4 Å². The Bertz CT molecular complexity index is 384. The summed E-state index contributed by atoms with van der Waals surface area (Å²) in [4.78, 5) is 10.4. The summed E-state index contributed by atoms with van der Waals surface area (Å²) in [6.07, 6.45) is 0.505. The Morgan fingerprint density at radius 1 is 1.64 bits per heavy atom. The molecule has 1 rings (SSSR count). The van der Waals surface area contributed by atoms with Gasteiger partial charge in [0.1, 0.15) is 0 Å². The van der Waals surface area contributed by atoms with Crippen molar-refractivity contribution in [2.75, 3.05) is 0 Å². The molecule has 0 aromatic heterocycles. The van der Waals surface area contributed by atoms with E-state index in [0.717, 1.165) is 5.56 Å². The second-order valence-corrected chi connectivity index (χ2v) is 3.99. The van der Waals surface area contributed by atoms with Gasteiger partial charge in [0.15, 0.2) is 0 Å². The average Bonchev–Trinajstić information content (AvgIpc) is 2.18. The van der Waals surface area contributed by atoms with Gasteiger partial charge >= 0.3 is 0 Å². The minimum absolute atomic E-state index is 0.378. The van der Waals surface area contributed by atoms with E-state index in [1.54, 1.807) is 18.2 Å². The third kappa shape index (κ3) is 2.86. The largest absolute Gasteiger partial charge is 0.369 e. The maximum absolute atomic E-state index is 10.8. The molecule has 0 bridgehead atoms. The van der Waals surface area contributed by atoms with E-state index in [1.807, 2.05) is 12.1 Å². The van der Waals surface area contributed by atoms with E-state index in [0.29, 0.717) is 12.0 Å². The van der Waals surface area contributed by atoms with E-state index >= 15 is 0 Å². The highest BCUT2D eigenvalue weighted by molar-refractivity contribution is 9.10. The number of amides is 1. The molecular formula is C10H9BrN2O. The highest BCUT2D eigenvalue weighted by Gasteiger charge is 2.11. The Morgan fingerprint density at radius 3 is 2.93 bits per heavy atom. The molecule has 1 aromatic carbocycles. The number of rotatable bonds is 3. The number of carbonyl (C=O) groups excluding carboxylic acids is 1. The van der Waals surface area contributed by atoms with Crippen LogP contribution in [0.4, 0.5) is 0 Å². The Morgan fingerprint density at radius 2 is 2.36 bits per heavy atom. The summed E-state index contributed by atoms with van der Waals surface area (Å²) >= 11 is 3.17. The van der Waals surface area contributed by atoms with Crippen LogP contribution in [-0.4, -0.2) is 10.7 Å². The van der Waals surface area contributed by atoms with Crippen molar-refractivity contribution >= 4 is 21.8 Å². The Kier molecular flexibility index (Phi) is 3.66. The van der Waals surface area contributed by atoms with E-state index in [9.17, 15) is 4.79 Å². The molecule has 0 saturated carbocycles. The fourth-order valence-electron chi connectivity index (χ4n) is 1.08. The number of hydrogen-bond donors (Lipinski definition) is 1. The number of halogens is 1. The highest BCUT2D eigenvalue weighted by Crippen LogP contribution is 2.11. The number of carbonyl (C=O) groups is 1. The molecule has 4 heteroatoms. The van der Waals surface area contributed by atoms with Crippen LogP contribution in [0.25, 0.3) is 0 Å². The van der Waals surface area contributed by atoms with Crippen molar-refractivity contribution < 1.29 is 4.79 Å². The second-order valence-electron chi connectivity index (χ2n) is 2.89. The summed E-state index contributed by atoms with van der Waals surface area (Å²) in [6, 6.07) is 9.15. The highest BCUT2D eigenvalue weighted by atomic mass is 79.9. The zero-order valence-electron chi connectivity index (χ0n) is 7.40. The zero-order chi connectivity index (χ0) is 10.6. The van der Waals surface area contributed by atoms with Gasteiger partial charge in [-0.25, -0.2) is 0 Å². The van der Waals surface area contributed by atoms with Gasteiger partial charge in [-0.2, -0.15) is 5.26 Å². The van der Waals surface area contributed by atoms with Gasteiger partial charge in [0.2, 0.25) is 5.91 Å². The first-order chi connectivity index (χ1) is 6.63. The van der Waals surface area contributed by atoms with E-state index in [-0.39, 0.29) is 4.83 Å². The maximum atomic E-state index is 10.8. The molecule has 1 aromatic rings. The topological polar surface area (TPSA) is 66.9 Å². The summed E-state index contributed by atoms with van der Waals surface area (Å²) in [6.45, 7) is 0. The molecule has 72 valence electrons. The van der Waals surface area contributed by atoms with Crippen molar-refractivity contribution in [2.24, 2.45) is 5.73 Å². The molecule has 0 fully saturated rings. The number of primary amides is 1. The lowest BCUT2D eigenvalue weighted by molar-refractivity contribution is -0.117. The first-order valence-corrected chi connectivity index (χ1v) is 4.97. The number of nitriles is 1. The molecule has 1 unspecified atom stereocenters. The molecule has 0 aliphatic heterocycles. The van der Waals surface area contributed by atoms with Gasteiger partial charge in [-0.05, 0) is 24.1 Å². The molecule has 14 heavy (non-hydrogen) atoms. The predicted molar refractivity (Wildman–Crippen MR) is 56.8 cm³/mol. The van der Waals surface area contributed by atoms with Crippen LogP contribution in [0.3, 0.4) is 0 Å². The lowest BCUT2D eigenvalue weighted by Crippen LogP contribution is -2.24. The lowest BCUT2D eigenvalue weighted by atomic mass is 10.1. The van der Waals surface area contributed by atoms with Gasteiger partial charge in [0, 0.05) is 0 Å². The monoisotopic (exact) mass is 252 g/mol. The summed E-state index contributed by atoms with van der Waals surface area (Å²) < 4.78 is 0. The number of alkyl halides is 1. The molecule has 3 nitrogen and oxygen atoms in total. The van der Waals surface area contributed by atoms with Crippen LogP contribution < -0.4 is 5.73 Å². The maximum Gasteiger partial charge on any atom is 0.231 e. The van der Waals surface area contributed by atoms with Crippen molar-refractivity contribution in [2.45, 2.75) is 11.2 Å². The minimum atomic E-state index is -0.396. The van der Waals surface area contributed by atoms with Gasteiger partial charge in [0.25, 0.3) is 0 Å². The summed E-state index contributed by atoms with van der Waals surface area (Å²) in [5.41, 5.74) is 6.61. The third-order valence-corrected chi connectivity index (χ3v) is 2.55. The fourth-order valence-corrected chi connectivity index (χ4v) is 1.45. The van der Waals surface area contributed by atoms with Crippen LogP contribution in [0, 0.1) is 11.3 Å². The van der Waals surface area contributed by atoms with Crippen LogP contribution in [0.15, 0.2) is 24.3 Å². The molecule has 0 saturated heterocycles. The van der Waals surface area contributed by atoms with Gasteiger partial charge < -0.3 is 5.73 Å². The van der Waals surface area contributed by atoms with Crippen LogP contribution in [-0.2, 0) is 11.2 Å². The minimum Gasteiger partial charge on any atom is -0.369 e. The van der Waals surface area contributed by atoms with Gasteiger partial charge in [-0.3, -0.25) is 4.79 Å². The Balaban J connectivity index is 2.78. The first-order valence-electron chi connectivity index (χ1n) is 4.06. The SMILES string of the molecule is N#Cc1cccc(CC(Br)C(N)=O)c1. The second kappa shape index (κ2) is 4.77. The zero-order valence-corrected chi connectivity index (χ0v) is 8.99. The van der Waals surface area contributed by atoms with Crippen LogP contribution >= 0.6 is 15.9 Å². The van der Waals surface area contributed by atoms with Gasteiger partial charge in [-0.15, -0.1) is 0 Å². The van der Waals surface area contributed by atoms with Crippen molar-refractivity contribution in [1.29, 1.82) is 5.26 Å². The van der Waals surface area contributed by atoms with Gasteiger partial charge in [0.05, 0.1) is 16.5 Å². The van der Waals surface area contributed by atoms with Crippen LogP contribution in [0.2, 0.25) is 0 Å². The molecule has 0 radical (unpaired) electrons. The van der Waals surface area contributed by atoms with Crippen molar-refractivity contribution in [3.63, 3.8) is 0 Å². The molecule has 2 N–H and O–H groups in total. The standard InChI is InChI=1S/C10H9BrN2O/c11-9(10(13)14)5-7-2-1-3-8(4-7)6-12/h1-4,9H,5H2,(H2,13,14). The smallest absolute Gasteiger partial charge is 0.231 e. The van der Waals surface area contributed by atoms with Crippen LogP contribution in [0.5, 0.6) is 0 Å². The lowest BCUT2D eigenvalue weighted by Gasteiger charge is -2.05. The Hall–Kier alpha value is -1.34. The van der Waals surface area contributed by atoms with E-state index in [4.69, 9.17) is 11.0 Å². The van der Waals surface area contributed by atoms with Crippen molar-refractivity contribution in [1.82, 2.24) is 0 Å². The van der Waals surface area contributed by atoms with Crippen molar-refractivity contribution in [3.8, 4) is 6.07 Å². The Labute approximate surface area is 90.7 Å². The first kappa shape index (κ1) is 10.7. The predicted octanol–water partition coefficient (Wildman–Crippen LogP) is 1.35. The van der Waals surface area contributed by atoms with E-state index in [2.05, 4.69) is 15.9 Å². The van der Waals surface area contributed by atoms with Crippen LogP contribution in [0.1, 0.15) is 11.1 Å². The molecule has 0 aliphatic rings. The normalized spacial score (nSPS) is 11.7. The molecule has 0 aliphatic carbocycles. The quantitative estimate of drug-likeness (QED) is 0.826. The molecule has 0 spiro atoms. The number of benzene rings is 1. The number of nitrogens with zero attached hydrogens (tertiary/aromatic N) is 1. The third-order valence-electron chi connectivity index (χ3n) is 1.78. The van der Waals surface area contributed by atoms with E-state index < -0.39 is 5.91 Å². The molecule has 0 heterocycles. The van der Waals surface area contributed by atoms with Gasteiger partial charge in [-0.1, -0.05) is 28.1 Å².